The van der Waals surface area contributed by atoms with Crippen molar-refractivity contribution < 1.29 is 23.0 Å². The number of aliphatic hydroxyl groups is 1. The van der Waals surface area contributed by atoms with Gasteiger partial charge in [0.1, 0.15) is 0 Å². The first-order valence-corrected chi connectivity index (χ1v) is 4.31. The highest BCUT2D eigenvalue weighted by Gasteiger charge is 2.39. The molecule has 0 aromatic carbocycles. The molecule has 0 aliphatic heterocycles. The Bertz CT molecular complexity index is 125. The van der Waals surface area contributed by atoms with Crippen LogP contribution in [0.5, 0.6) is 0 Å². The third kappa shape index (κ3) is 5.87. The molecule has 13 heavy (non-hydrogen) atoms. The number of unbranched alkanes of at least 4 members (excludes halogenated alkanes) is 2. The van der Waals surface area contributed by atoms with E-state index in [-0.39, 0.29) is 6.61 Å². The number of hydrogen-bond donors (Lipinski definition) is 1. The van der Waals surface area contributed by atoms with E-state index in [2.05, 4.69) is 4.74 Å². The van der Waals surface area contributed by atoms with Crippen LogP contribution >= 0.6 is 0 Å². The van der Waals surface area contributed by atoms with Crippen LogP contribution in [0.2, 0.25) is 0 Å². The molecule has 5 heteroatoms. The van der Waals surface area contributed by atoms with Crippen LogP contribution in [0, 0.1) is 0 Å². The molecule has 0 aliphatic carbocycles. The SMILES string of the molecule is CCCCCOC(CO)C(F)(F)F. The summed E-state index contributed by atoms with van der Waals surface area (Å²) in [6, 6.07) is 0. The largest absolute Gasteiger partial charge is 0.416 e. The van der Waals surface area contributed by atoms with Crippen LogP contribution in [0.4, 0.5) is 13.2 Å². The van der Waals surface area contributed by atoms with Crippen LogP contribution in [0.15, 0.2) is 0 Å². The third-order valence-electron chi connectivity index (χ3n) is 1.60. The monoisotopic (exact) mass is 200 g/mol. The van der Waals surface area contributed by atoms with Crippen LogP contribution in [0.1, 0.15) is 26.2 Å². The Morgan fingerprint density at radius 2 is 1.92 bits per heavy atom. The van der Waals surface area contributed by atoms with Crippen LogP contribution in [0.3, 0.4) is 0 Å². The van der Waals surface area contributed by atoms with Gasteiger partial charge in [0.15, 0.2) is 6.10 Å². The summed E-state index contributed by atoms with van der Waals surface area (Å²) in [6.45, 7) is 1.00. The van der Waals surface area contributed by atoms with Crippen molar-refractivity contribution in [3.05, 3.63) is 0 Å². The number of alkyl halides is 3. The van der Waals surface area contributed by atoms with E-state index in [0.29, 0.717) is 6.42 Å². The Balaban J connectivity index is 3.61. The summed E-state index contributed by atoms with van der Waals surface area (Å²) in [5.41, 5.74) is 0. The summed E-state index contributed by atoms with van der Waals surface area (Å²) in [7, 11) is 0. The molecule has 1 N–H and O–H groups in total. The van der Waals surface area contributed by atoms with Gasteiger partial charge in [-0.3, -0.25) is 0 Å². The van der Waals surface area contributed by atoms with Gasteiger partial charge in [0.2, 0.25) is 0 Å². The van der Waals surface area contributed by atoms with Crippen molar-refractivity contribution in [1.29, 1.82) is 0 Å². The van der Waals surface area contributed by atoms with Crippen molar-refractivity contribution in [2.45, 2.75) is 38.5 Å². The third-order valence-corrected chi connectivity index (χ3v) is 1.60. The van der Waals surface area contributed by atoms with Gasteiger partial charge in [-0.05, 0) is 6.42 Å². The van der Waals surface area contributed by atoms with Crippen molar-refractivity contribution in [1.82, 2.24) is 0 Å². The number of rotatable bonds is 6. The quantitative estimate of drug-likeness (QED) is 0.665. The lowest BCUT2D eigenvalue weighted by Crippen LogP contribution is -2.35. The maximum Gasteiger partial charge on any atom is 0.416 e. The fourth-order valence-corrected chi connectivity index (χ4v) is 0.828. The zero-order valence-electron chi connectivity index (χ0n) is 7.60. The first-order valence-electron chi connectivity index (χ1n) is 4.31. The Hall–Kier alpha value is -0.290. The molecular weight excluding hydrogens is 185 g/mol. The highest BCUT2D eigenvalue weighted by Crippen LogP contribution is 2.22. The topological polar surface area (TPSA) is 29.5 Å². The smallest absolute Gasteiger partial charge is 0.393 e. The van der Waals surface area contributed by atoms with E-state index in [1.54, 1.807) is 0 Å². The number of ether oxygens (including phenoxy) is 1. The van der Waals surface area contributed by atoms with E-state index in [9.17, 15) is 13.2 Å². The summed E-state index contributed by atoms with van der Waals surface area (Å²) in [6.07, 6.45) is -4.11. The van der Waals surface area contributed by atoms with E-state index in [0.717, 1.165) is 12.8 Å². The highest BCUT2D eigenvalue weighted by atomic mass is 19.4. The van der Waals surface area contributed by atoms with Crippen LogP contribution in [0.25, 0.3) is 0 Å². The summed E-state index contributed by atoms with van der Waals surface area (Å²) >= 11 is 0. The van der Waals surface area contributed by atoms with Crippen molar-refractivity contribution in [2.24, 2.45) is 0 Å². The lowest BCUT2D eigenvalue weighted by molar-refractivity contribution is -0.229. The minimum Gasteiger partial charge on any atom is -0.393 e. The van der Waals surface area contributed by atoms with E-state index < -0.39 is 18.9 Å². The lowest BCUT2D eigenvalue weighted by atomic mass is 10.2. The van der Waals surface area contributed by atoms with Crippen LogP contribution < -0.4 is 0 Å². The van der Waals surface area contributed by atoms with Crippen LogP contribution in [-0.4, -0.2) is 30.6 Å². The molecular formula is C8H15F3O2. The van der Waals surface area contributed by atoms with Gasteiger partial charge in [0.05, 0.1) is 6.61 Å². The average molecular weight is 200 g/mol. The molecule has 1 atom stereocenters. The standard InChI is InChI=1S/C8H15F3O2/c1-2-3-4-5-13-7(6-12)8(9,10)11/h7,12H,2-6H2,1H3. The second kappa shape index (κ2) is 6.21. The molecule has 0 saturated heterocycles. The molecule has 0 saturated carbocycles. The molecule has 1 unspecified atom stereocenters. The summed E-state index contributed by atoms with van der Waals surface area (Å²) in [4.78, 5) is 0. The predicted molar refractivity (Wildman–Crippen MR) is 42.4 cm³/mol. The normalized spacial score (nSPS) is 14.5. The Morgan fingerprint density at radius 1 is 1.31 bits per heavy atom. The second-order valence-electron chi connectivity index (χ2n) is 2.79. The maximum atomic E-state index is 11.9. The fourth-order valence-electron chi connectivity index (χ4n) is 0.828. The van der Waals surface area contributed by atoms with Gasteiger partial charge in [0.25, 0.3) is 0 Å². The summed E-state index contributed by atoms with van der Waals surface area (Å²) in [5, 5.41) is 8.37. The minimum absolute atomic E-state index is 0.0541. The van der Waals surface area contributed by atoms with Gasteiger partial charge in [-0.1, -0.05) is 19.8 Å². The molecule has 0 aliphatic rings. The van der Waals surface area contributed by atoms with Gasteiger partial charge in [0, 0.05) is 6.61 Å². The van der Waals surface area contributed by atoms with Crippen molar-refractivity contribution in [3.8, 4) is 0 Å². The molecule has 0 radical (unpaired) electrons. The van der Waals surface area contributed by atoms with Crippen molar-refractivity contribution in [3.63, 3.8) is 0 Å². The van der Waals surface area contributed by atoms with Gasteiger partial charge in [-0.2, -0.15) is 13.2 Å². The molecule has 0 fully saturated rings. The number of aliphatic hydroxyl groups excluding tert-OH is 1. The van der Waals surface area contributed by atoms with E-state index in [4.69, 9.17) is 5.11 Å². The van der Waals surface area contributed by atoms with Crippen LogP contribution in [-0.2, 0) is 4.74 Å². The van der Waals surface area contributed by atoms with Gasteiger partial charge < -0.3 is 9.84 Å². The Morgan fingerprint density at radius 3 is 2.31 bits per heavy atom. The number of halogens is 3. The number of hydrogen-bond acceptors (Lipinski definition) is 2. The lowest BCUT2D eigenvalue weighted by Gasteiger charge is -2.18. The zero-order valence-corrected chi connectivity index (χ0v) is 7.60. The van der Waals surface area contributed by atoms with E-state index >= 15 is 0 Å². The molecule has 0 amide bonds. The molecule has 0 rings (SSSR count). The predicted octanol–water partition coefficient (Wildman–Crippen LogP) is 2.12. The molecule has 0 heterocycles. The Labute approximate surface area is 75.7 Å². The van der Waals surface area contributed by atoms with E-state index in [1.165, 1.54) is 0 Å². The molecule has 0 aromatic rings. The average Bonchev–Trinajstić information content (AvgIpc) is 2.02. The first kappa shape index (κ1) is 12.7. The zero-order chi connectivity index (χ0) is 10.3. The molecule has 0 bridgehead atoms. The first-order chi connectivity index (χ1) is 6.02. The summed E-state index contributed by atoms with van der Waals surface area (Å²) < 4.78 is 40.3. The Kier molecular flexibility index (Phi) is 6.07. The molecule has 0 spiro atoms. The fraction of sp³-hybridized carbons (Fsp3) is 1.00. The summed E-state index contributed by atoms with van der Waals surface area (Å²) in [5.74, 6) is 0. The molecule has 80 valence electrons. The second-order valence-corrected chi connectivity index (χ2v) is 2.79. The maximum absolute atomic E-state index is 11.9. The van der Waals surface area contributed by atoms with Crippen molar-refractivity contribution >= 4 is 0 Å². The molecule has 2 nitrogen and oxygen atoms in total. The minimum atomic E-state index is -4.46. The van der Waals surface area contributed by atoms with Crippen molar-refractivity contribution in [2.75, 3.05) is 13.2 Å². The highest BCUT2D eigenvalue weighted by molar-refractivity contribution is 4.65. The van der Waals surface area contributed by atoms with E-state index in [1.807, 2.05) is 6.92 Å². The molecule has 0 aromatic heterocycles. The van der Waals surface area contributed by atoms with Gasteiger partial charge in [-0.15, -0.1) is 0 Å². The van der Waals surface area contributed by atoms with Gasteiger partial charge >= 0.3 is 6.18 Å². The van der Waals surface area contributed by atoms with Gasteiger partial charge in [-0.25, -0.2) is 0 Å².